The van der Waals surface area contributed by atoms with Gasteiger partial charge in [-0.15, -0.1) is 0 Å². The van der Waals surface area contributed by atoms with E-state index in [1.807, 2.05) is 0 Å². The molecule has 57 heavy (non-hydrogen) atoms. The molecule has 268 valence electrons. The van der Waals surface area contributed by atoms with Crippen LogP contribution in [0.1, 0.15) is 0 Å². The summed E-state index contributed by atoms with van der Waals surface area (Å²) in [6.45, 7) is 0. The first-order chi connectivity index (χ1) is 28.3. The number of benzene rings is 10. The van der Waals surface area contributed by atoms with E-state index in [0.29, 0.717) is 0 Å². The van der Waals surface area contributed by atoms with Crippen LogP contribution in [0.4, 0.5) is 17.1 Å². The number of fused-ring (bicyclic) bond motifs is 3. The Balaban J connectivity index is 1.10. The van der Waals surface area contributed by atoms with Crippen LogP contribution >= 0.6 is 0 Å². The largest absolute Gasteiger partial charge is 0.309 e. The normalized spacial score (nSPS) is 11.2. The van der Waals surface area contributed by atoms with Gasteiger partial charge in [-0.2, -0.15) is 0 Å². The van der Waals surface area contributed by atoms with Gasteiger partial charge in [0, 0.05) is 22.3 Å². The molecule has 0 spiro atoms. The maximum atomic E-state index is 2.45. The van der Waals surface area contributed by atoms with Crippen LogP contribution in [-0.4, -0.2) is 0 Å². The number of hydrogen-bond donors (Lipinski definition) is 0. The Morgan fingerprint density at radius 3 is 0.912 bits per heavy atom. The third-order valence-corrected chi connectivity index (χ3v) is 11.1. The molecule has 0 saturated heterocycles. The predicted octanol–water partition coefficient (Wildman–Crippen LogP) is 15.8. The lowest BCUT2D eigenvalue weighted by Gasteiger charge is -2.30. The second-order valence-corrected chi connectivity index (χ2v) is 14.5. The molecule has 10 rings (SSSR count). The van der Waals surface area contributed by atoms with E-state index >= 15 is 0 Å². The van der Waals surface area contributed by atoms with E-state index in [1.165, 1.54) is 77.2 Å². The zero-order chi connectivity index (χ0) is 38.0. The molecular formula is C56H39N. The van der Waals surface area contributed by atoms with Gasteiger partial charge in [0.1, 0.15) is 0 Å². The lowest BCUT2D eigenvalue weighted by molar-refractivity contribution is 1.30. The Kier molecular flexibility index (Phi) is 8.95. The molecule has 0 aliphatic heterocycles. The molecule has 0 saturated carbocycles. The summed E-state index contributed by atoms with van der Waals surface area (Å²) in [5.41, 5.74) is 15.4. The molecule has 0 radical (unpaired) electrons. The summed E-state index contributed by atoms with van der Waals surface area (Å²) in [5.74, 6) is 0. The highest BCUT2D eigenvalue weighted by Crippen LogP contribution is 2.49. The SMILES string of the molecule is c1ccc(-c2ccc(-c3ccc(-c4c(N(c5ccccc5)c5ccc(-c6ccc(-c7ccccc7)cc6)cc5)c5ccccc5c5ccccc45)cc3)cc2)cc1. The Morgan fingerprint density at radius 1 is 0.193 bits per heavy atom. The minimum Gasteiger partial charge on any atom is -0.309 e. The lowest BCUT2D eigenvalue weighted by atomic mass is 9.89. The minimum atomic E-state index is 1.10. The van der Waals surface area contributed by atoms with E-state index in [0.717, 1.165) is 17.1 Å². The van der Waals surface area contributed by atoms with Crippen molar-refractivity contribution in [1.29, 1.82) is 0 Å². The monoisotopic (exact) mass is 725 g/mol. The third kappa shape index (κ3) is 6.56. The minimum absolute atomic E-state index is 1.10. The van der Waals surface area contributed by atoms with Crippen molar-refractivity contribution in [2.24, 2.45) is 0 Å². The summed E-state index contributed by atoms with van der Waals surface area (Å²) in [4.78, 5) is 2.45. The van der Waals surface area contributed by atoms with Crippen LogP contribution in [0.5, 0.6) is 0 Å². The second-order valence-electron chi connectivity index (χ2n) is 14.5. The van der Waals surface area contributed by atoms with Crippen molar-refractivity contribution in [2.45, 2.75) is 0 Å². The zero-order valence-electron chi connectivity index (χ0n) is 31.5. The average molecular weight is 726 g/mol. The molecule has 0 aromatic heterocycles. The maximum Gasteiger partial charge on any atom is 0.0624 e. The third-order valence-electron chi connectivity index (χ3n) is 11.1. The fraction of sp³-hybridized carbons (Fsp3) is 0. The number of rotatable bonds is 8. The van der Waals surface area contributed by atoms with Crippen molar-refractivity contribution in [1.82, 2.24) is 0 Å². The second kappa shape index (κ2) is 15.0. The highest BCUT2D eigenvalue weighted by Gasteiger charge is 2.23. The summed E-state index contributed by atoms with van der Waals surface area (Å²) in [6.07, 6.45) is 0. The molecule has 0 aliphatic carbocycles. The highest BCUT2D eigenvalue weighted by atomic mass is 15.1. The molecule has 10 aromatic carbocycles. The molecule has 0 atom stereocenters. The summed E-state index contributed by atoms with van der Waals surface area (Å²) >= 11 is 0. The maximum absolute atomic E-state index is 2.45. The highest BCUT2D eigenvalue weighted by molar-refractivity contribution is 6.22. The molecule has 0 N–H and O–H groups in total. The molecule has 0 unspecified atom stereocenters. The Hall–Kier alpha value is -7.48. The fourth-order valence-corrected chi connectivity index (χ4v) is 8.24. The van der Waals surface area contributed by atoms with Crippen molar-refractivity contribution >= 4 is 38.6 Å². The first kappa shape index (κ1) is 34.0. The van der Waals surface area contributed by atoms with E-state index in [1.54, 1.807) is 0 Å². The standard InChI is InChI=1S/C56H39N/c1-4-14-40(15-5-1)42-24-28-44(29-25-42)46-32-34-48(35-33-46)55-53-22-12-10-20-51(53)52-21-11-13-23-54(52)56(55)57(49-18-8-3-9-19-49)50-38-36-47(37-39-50)45-30-26-43(27-31-45)41-16-6-2-7-17-41/h1-39H. The van der Waals surface area contributed by atoms with Gasteiger partial charge in [-0.1, -0.05) is 212 Å². The van der Waals surface area contributed by atoms with Crippen molar-refractivity contribution in [3.63, 3.8) is 0 Å². The van der Waals surface area contributed by atoms with Crippen molar-refractivity contribution in [3.8, 4) is 55.6 Å². The molecule has 0 heterocycles. The van der Waals surface area contributed by atoms with Crippen LogP contribution in [0.25, 0.3) is 77.2 Å². The van der Waals surface area contributed by atoms with Gasteiger partial charge in [0.25, 0.3) is 0 Å². The smallest absolute Gasteiger partial charge is 0.0624 e. The Bertz CT molecular complexity index is 2930. The summed E-state index contributed by atoms with van der Waals surface area (Å²) < 4.78 is 0. The summed E-state index contributed by atoms with van der Waals surface area (Å²) in [7, 11) is 0. The average Bonchev–Trinajstić information content (AvgIpc) is 3.30. The molecular weight excluding hydrogens is 687 g/mol. The molecule has 0 fully saturated rings. The zero-order valence-corrected chi connectivity index (χ0v) is 31.5. The van der Waals surface area contributed by atoms with Crippen LogP contribution in [0.2, 0.25) is 0 Å². The van der Waals surface area contributed by atoms with Crippen molar-refractivity contribution < 1.29 is 0 Å². The fourth-order valence-electron chi connectivity index (χ4n) is 8.24. The van der Waals surface area contributed by atoms with E-state index in [2.05, 4.69) is 241 Å². The van der Waals surface area contributed by atoms with Gasteiger partial charge in [0.15, 0.2) is 0 Å². The molecule has 0 bridgehead atoms. The van der Waals surface area contributed by atoms with E-state index in [9.17, 15) is 0 Å². The van der Waals surface area contributed by atoms with E-state index in [-0.39, 0.29) is 0 Å². The Morgan fingerprint density at radius 2 is 0.474 bits per heavy atom. The summed E-state index contributed by atoms with van der Waals surface area (Å²) in [6, 6.07) is 85.6. The predicted molar refractivity (Wildman–Crippen MR) is 243 cm³/mol. The van der Waals surface area contributed by atoms with Gasteiger partial charge >= 0.3 is 0 Å². The van der Waals surface area contributed by atoms with E-state index < -0.39 is 0 Å². The van der Waals surface area contributed by atoms with Crippen LogP contribution in [-0.2, 0) is 0 Å². The Labute approximate surface area is 334 Å². The van der Waals surface area contributed by atoms with Gasteiger partial charge in [-0.3, -0.25) is 0 Å². The number of para-hydroxylation sites is 1. The molecule has 0 aliphatic rings. The van der Waals surface area contributed by atoms with E-state index in [4.69, 9.17) is 0 Å². The van der Waals surface area contributed by atoms with Crippen LogP contribution in [0.15, 0.2) is 237 Å². The van der Waals surface area contributed by atoms with Gasteiger partial charge in [0.2, 0.25) is 0 Å². The van der Waals surface area contributed by atoms with Gasteiger partial charge < -0.3 is 4.90 Å². The quantitative estimate of drug-likeness (QED) is 0.141. The van der Waals surface area contributed by atoms with Gasteiger partial charge in [-0.05, 0) is 90.5 Å². The number of anilines is 3. The molecule has 0 amide bonds. The first-order valence-corrected chi connectivity index (χ1v) is 19.6. The lowest BCUT2D eigenvalue weighted by Crippen LogP contribution is -2.12. The molecule has 1 nitrogen and oxygen atoms in total. The van der Waals surface area contributed by atoms with Crippen LogP contribution < -0.4 is 4.90 Å². The van der Waals surface area contributed by atoms with Gasteiger partial charge in [-0.25, -0.2) is 0 Å². The first-order valence-electron chi connectivity index (χ1n) is 19.6. The van der Waals surface area contributed by atoms with Crippen LogP contribution in [0, 0.1) is 0 Å². The van der Waals surface area contributed by atoms with Crippen LogP contribution in [0.3, 0.4) is 0 Å². The topological polar surface area (TPSA) is 3.24 Å². The number of nitrogens with zero attached hydrogens (tertiary/aromatic N) is 1. The molecule has 10 aromatic rings. The van der Waals surface area contributed by atoms with Crippen molar-refractivity contribution in [2.75, 3.05) is 4.90 Å². The van der Waals surface area contributed by atoms with Crippen molar-refractivity contribution in [3.05, 3.63) is 237 Å². The van der Waals surface area contributed by atoms with Gasteiger partial charge in [0.05, 0.1) is 5.69 Å². The molecule has 1 heteroatoms. The summed E-state index contributed by atoms with van der Waals surface area (Å²) in [5, 5.41) is 4.91. The number of hydrogen-bond acceptors (Lipinski definition) is 1.